The van der Waals surface area contributed by atoms with Crippen LogP contribution in [0.1, 0.15) is 33.1 Å². The second-order valence-corrected chi connectivity index (χ2v) is 4.11. The molecule has 0 aromatic carbocycles. The Labute approximate surface area is 78.7 Å². The Hall–Kier alpha value is -0.900. The third kappa shape index (κ3) is 4.62. The van der Waals surface area contributed by atoms with Crippen LogP contribution in [0.15, 0.2) is 10.8 Å². The van der Waals surface area contributed by atoms with Gasteiger partial charge in [-0.3, -0.25) is 0 Å². The van der Waals surface area contributed by atoms with Crippen molar-refractivity contribution in [3.8, 4) is 0 Å². The van der Waals surface area contributed by atoms with Gasteiger partial charge in [0.25, 0.3) is 0 Å². The molecule has 1 aromatic rings. The van der Waals surface area contributed by atoms with Crippen LogP contribution < -0.4 is 5.32 Å². The molecule has 0 unspecified atom stereocenters. The molecule has 0 aliphatic heterocycles. The molecular weight excluding hydrogens is 166 g/mol. The molecule has 1 heterocycles. The second kappa shape index (κ2) is 4.37. The summed E-state index contributed by atoms with van der Waals surface area (Å²) in [4.78, 5) is 0. The Balaban J connectivity index is 2.09. The van der Waals surface area contributed by atoms with Gasteiger partial charge in [-0.2, -0.15) is 0 Å². The molecule has 74 valence electrons. The van der Waals surface area contributed by atoms with E-state index in [2.05, 4.69) is 36.3 Å². The summed E-state index contributed by atoms with van der Waals surface area (Å²) in [7, 11) is 0. The number of hydrogen-bond donors (Lipinski definition) is 1. The van der Waals surface area contributed by atoms with Crippen molar-refractivity contribution in [1.82, 2.24) is 15.5 Å². The minimum Gasteiger partial charge on any atom is -0.428 e. The van der Waals surface area contributed by atoms with E-state index >= 15 is 0 Å². The number of aryl methyl sites for hydroxylation is 1. The molecule has 0 fully saturated rings. The van der Waals surface area contributed by atoms with E-state index in [1.54, 1.807) is 0 Å². The number of nitrogens with zero attached hydrogens (tertiary/aromatic N) is 2. The molecule has 1 N–H and O–H groups in total. The Morgan fingerprint density at radius 1 is 1.46 bits per heavy atom. The monoisotopic (exact) mass is 183 g/mol. The Morgan fingerprint density at radius 2 is 2.23 bits per heavy atom. The van der Waals surface area contributed by atoms with Crippen molar-refractivity contribution in [1.29, 1.82) is 0 Å². The zero-order valence-electron chi connectivity index (χ0n) is 8.50. The van der Waals surface area contributed by atoms with Gasteiger partial charge >= 0.3 is 0 Å². The van der Waals surface area contributed by atoms with Gasteiger partial charge in [0.2, 0.25) is 12.3 Å². The maximum Gasteiger partial charge on any atom is 0.216 e. The van der Waals surface area contributed by atoms with Crippen LogP contribution in [0.5, 0.6) is 0 Å². The van der Waals surface area contributed by atoms with Crippen molar-refractivity contribution >= 4 is 0 Å². The van der Waals surface area contributed by atoms with Crippen molar-refractivity contribution in [2.75, 3.05) is 6.54 Å². The van der Waals surface area contributed by atoms with Crippen LogP contribution in [-0.4, -0.2) is 22.3 Å². The van der Waals surface area contributed by atoms with E-state index in [9.17, 15) is 0 Å². The van der Waals surface area contributed by atoms with E-state index in [0.717, 1.165) is 25.3 Å². The largest absolute Gasteiger partial charge is 0.428 e. The van der Waals surface area contributed by atoms with Crippen molar-refractivity contribution in [2.24, 2.45) is 0 Å². The molecule has 0 radical (unpaired) electrons. The highest BCUT2D eigenvalue weighted by molar-refractivity contribution is 4.75. The zero-order chi connectivity index (χ0) is 9.73. The summed E-state index contributed by atoms with van der Waals surface area (Å²) in [6.45, 7) is 7.44. The molecule has 0 saturated carbocycles. The summed E-state index contributed by atoms with van der Waals surface area (Å²) in [6, 6.07) is 0. The van der Waals surface area contributed by atoms with Gasteiger partial charge in [-0.15, -0.1) is 10.2 Å². The third-order valence-electron chi connectivity index (χ3n) is 1.63. The van der Waals surface area contributed by atoms with Crippen molar-refractivity contribution in [3.05, 3.63) is 12.3 Å². The van der Waals surface area contributed by atoms with Gasteiger partial charge in [-0.1, -0.05) is 0 Å². The summed E-state index contributed by atoms with van der Waals surface area (Å²) in [5, 5.41) is 10.8. The van der Waals surface area contributed by atoms with Crippen molar-refractivity contribution in [2.45, 2.75) is 39.2 Å². The fourth-order valence-electron chi connectivity index (χ4n) is 1.01. The number of aromatic nitrogens is 2. The van der Waals surface area contributed by atoms with E-state index in [1.165, 1.54) is 6.39 Å². The quantitative estimate of drug-likeness (QED) is 0.717. The molecule has 0 atom stereocenters. The van der Waals surface area contributed by atoms with Crippen molar-refractivity contribution < 1.29 is 4.42 Å². The minimum absolute atomic E-state index is 0.189. The molecular formula is C9H17N3O. The third-order valence-corrected chi connectivity index (χ3v) is 1.63. The molecule has 4 heteroatoms. The molecule has 1 aromatic heterocycles. The highest BCUT2D eigenvalue weighted by Crippen LogP contribution is 2.00. The Kier molecular flexibility index (Phi) is 3.42. The van der Waals surface area contributed by atoms with Gasteiger partial charge in [0.05, 0.1) is 0 Å². The topological polar surface area (TPSA) is 51.0 Å². The molecule has 13 heavy (non-hydrogen) atoms. The van der Waals surface area contributed by atoms with Gasteiger partial charge in [0.1, 0.15) is 0 Å². The lowest BCUT2D eigenvalue weighted by molar-refractivity contribution is 0.411. The average Bonchev–Trinajstić information content (AvgIpc) is 2.48. The molecule has 0 bridgehead atoms. The molecule has 0 amide bonds. The maximum absolute atomic E-state index is 5.02. The minimum atomic E-state index is 0.189. The van der Waals surface area contributed by atoms with E-state index in [1.807, 2.05) is 0 Å². The van der Waals surface area contributed by atoms with Crippen molar-refractivity contribution in [3.63, 3.8) is 0 Å². The smallest absolute Gasteiger partial charge is 0.216 e. The van der Waals surface area contributed by atoms with Gasteiger partial charge < -0.3 is 9.73 Å². The van der Waals surface area contributed by atoms with Gasteiger partial charge in [-0.05, 0) is 33.7 Å². The number of rotatable bonds is 4. The second-order valence-electron chi connectivity index (χ2n) is 4.11. The summed E-state index contributed by atoms with van der Waals surface area (Å²) >= 11 is 0. The normalized spacial score (nSPS) is 11.9. The van der Waals surface area contributed by atoms with Crippen LogP contribution in [0.25, 0.3) is 0 Å². The van der Waals surface area contributed by atoms with Gasteiger partial charge in [-0.25, -0.2) is 0 Å². The number of nitrogens with one attached hydrogen (secondary N) is 1. The molecule has 0 aliphatic carbocycles. The highest BCUT2D eigenvalue weighted by Gasteiger charge is 2.07. The predicted molar refractivity (Wildman–Crippen MR) is 50.4 cm³/mol. The van der Waals surface area contributed by atoms with Crippen LogP contribution in [0.3, 0.4) is 0 Å². The van der Waals surface area contributed by atoms with E-state index in [-0.39, 0.29) is 5.54 Å². The van der Waals surface area contributed by atoms with Gasteiger partial charge in [0, 0.05) is 12.0 Å². The van der Waals surface area contributed by atoms with Gasteiger partial charge in [0.15, 0.2) is 0 Å². The summed E-state index contributed by atoms with van der Waals surface area (Å²) in [5.74, 6) is 0.718. The van der Waals surface area contributed by atoms with E-state index in [4.69, 9.17) is 4.42 Å². The summed E-state index contributed by atoms with van der Waals surface area (Å²) in [5.41, 5.74) is 0.189. The van der Waals surface area contributed by atoms with Crippen LogP contribution in [-0.2, 0) is 6.42 Å². The molecule has 0 spiro atoms. The maximum atomic E-state index is 5.02. The lowest BCUT2D eigenvalue weighted by Gasteiger charge is -2.19. The lowest BCUT2D eigenvalue weighted by Crippen LogP contribution is -2.36. The fourth-order valence-corrected chi connectivity index (χ4v) is 1.01. The molecule has 0 aliphatic rings. The van der Waals surface area contributed by atoms with E-state index in [0.29, 0.717) is 0 Å². The van der Waals surface area contributed by atoms with E-state index < -0.39 is 0 Å². The first kappa shape index (κ1) is 10.2. The first-order valence-electron chi connectivity index (χ1n) is 4.58. The SMILES string of the molecule is CC(C)(C)NCCCc1nnco1. The molecule has 4 nitrogen and oxygen atoms in total. The molecule has 1 rings (SSSR count). The average molecular weight is 183 g/mol. The van der Waals surface area contributed by atoms with Crippen LogP contribution in [0.4, 0.5) is 0 Å². The number of hydrogen-bond acceptors (Lipinski definition) is 4. The first-order chi connectivity index (χ1) is 6.08. The zero-order valence-corrected chi connectivity index (χ0v) is 8.50. The van der Waals surface area contributed by atoms with Crippen LogP contribution >= 0.6 is 0 Å². The van der Waals surface area contributed by atoms with Crippen LogP contribution in [0.2, 0.25) is 0 Å². The molecule has 0 saturated heterocycles. The standard InChI is InChI=1S/C9H17N3O/c1-9(2,3)10-6-4-5-8-12-11-7-13-8/h7,10H,4-6H2,1-3H3. The first-order valence-corrected chi connectivity index (χ1v) is 4.58. The summed E-state index contributed by atoms with van der Waals surface area (Å²) in [6.07, 6.45) is 3.25. The Morgan fingerprint density at radius 3 is 2.77 bits per heavy atom. The Bertz CT molecular complexity index is 226. The summed E-state index contributed by atoms with van der Waals surface area (Å²) < 4.78 is 5.02. The predicted octanol–water partition coefficient (Wildman–Crippen LogP) is 1.39. The lowest BCUT2D eigenvalue weighted by atomic mass is 10.1. The highest BCUT2D eigenvalue weighted by atomic mass is 16.4. The van der Waals surface area contributed by atoms with Crippen LogP contribution in [0, 0.1) is 0 Å². The fraction of sp³-hybridized carbons (Fsp3) is 0.778.